The topological polar surface area (TPSA) is 42.0 Å². The predicted octanol–water partition coefficient (Wildman–Crippen LogP) is 5.52. The molecule has 3 rings (SSSR count). The second kappa shape index (κ2) is 8.47. The highest BCUT2D eigenvalue weighted by molar-refractivity contribution is 7.99. The summed E-state index contributed by atoms with van der Waals surface area (Å²) in [7, 11) is 0. The number of nitrogens with zero attached hydrogens (tertiary/aromatic N) is 1. The molecule has 134 valence electrons. The highest BCUT2D eigenvalue weighted by atomic mass is 32.2. The molecule has 1 unspecified atom stereocenters. The third-order valence-electron chi connectivity index (χ3n) is 3.78. The Morgan fingerprint density at radius 2 is 2.04 bits per heavy atom. The van der Waals surface area contributed by atoms with Crippen molar-refractivity contribution in [1.82, 2.24) is 4.98 Å². The molecule has 1 amide bonds. The summed E-state index contributed by atoms with van der Waals surface area (Å²) in [6, 6.07) is 14.1. The van der Waals surface area contributed by atoms with Crippen LogP contribution < -0.4 is 5.32 Å². The third kappa shape index (κ3) is 4.93. The summed E-state index contributed by atoms with van der Waals surface area (Å²) in [5.41, 5.74) is 3.75. The van der Waals surface area contributed by atoms with Crippen LogP contribution in [-0.2, 0) is 10.5 Å². The van der Waals surface area contributed by atoms with Crippen molar-refractivity contribution in [2.75, 3.05) is 5.32 Å². The van der Waals surface area contributed by atoms with E-state index < -0.39 is 0 Å². The lowest BCUT2D eigenvalue weighted by atomic mass is 10.2. The van der Waals surface area contributed by atoms with Crippen LogP contribution in [0.15, 0.2) is 53.9 Å². The molecular weight excluding hydrogens is 367 g/mol. The molecule has 1 heterocycles. The first kappa shape index (κ1) is 18.6. The number of aromatic nitrogens is 1. The molecule has 2 aromatic carbocycles. The van der Waals surface area contributed by atoms with Crippen molar-refractivity contribution < 1.29 is 9.18 Å². The molecule has 0 aliphatic rings. The zero-order valence-corrected chi connectivity index (χ0v) is 16.2. The number of halogens is 1. The van der Waals surface area contributed by atoms with E-state index in [1.807, 2.05) is 43.5 Å². The Balaban J connectivity index is 1.55. The molecule has 0 saturated heterocycles. The average molecular weight is 387 g/mol. The van der Waals surface area contributed by atoms with E-state index >= 15 is 0 Å². The van der Waals surface area contributed by atoms with Gasteiger partial charge in [-0.2, -0.15) is 0 Å². The minimum absolute atomic E-state index is 0.0189. The summed E-state index contributed by atoms with van der Waals surface area (Å²) < 4.78 is 13.0. The van der Waals surface area contributed by atoms with Crippen molar-refractivity contribution in [1.29, 1.82) is 0 Å². The predicted molar refractivity (Wildman–Crippen MR) is 108 cm³/mol. The summed E-state index contributed by atoms with van der Waals surface area (Å²) >= 11 is 3.07. The van der Waals surface area contributed by atoms with Gasteiger partial charge in [0.05, 0.1) is 10.9 Å². The Morgan fingerprint density at radius 1 is 1.27 bits per heavy atom. The maximum Gasteiger partial charge on any atom is 0.237 e. The van der Waals surface area contributed by atoms with Crippen LogP contribution >= 0.6 is 23.1 Å². The zero-order valence-electron chi connectivity index (χ0n) is 14.5. The van der Waals surface area contributed by atoms with Gasteiger partial charge in [-0.25, -0.2) is 9.37 Å². The quantitative estimate of drug-likeness (QED) is 0.607. The molecular formula is C20H19FN2OS2. The van der Waals surface area contributed by atoms with E-state index in [9.17, 15) is 9.18 Å². The van der Waals surface area contributed by atoms with E-state index in [-0.39, 0.29) is 17.0 Å². The lowest BCUT2D eigenvalue weighted by molar-refractivity contribution is -0.115. The number of hydrogen-bond donors (Lipinski definition) is 1. The number of thiazole rings is 1. The molecule has 26 heavy (non-hydrogen) atoms. The van der Waals surface area contributed by atoms with Gasteiger partial charge in [-0.1, -0.05) is 12.1 Å². The molecule has 0 fully saturated rings. The Morgan fingerprint density at radius 3 is 2.77 bits per heavy atom. The first-order chi connectivity index (χ1) is 12.5. The van der Waals surface area contributed by atoms with Crippen LogP contribution in [0.4, 0.5) is 10.1 Å². The molecule has 3 nitrogen and oxygen atoms in total. The third-order valence-corrected chi connectivity index (χ3v) is 5.90. The van der Waals surface area contributed by atoms with Gasteiger partial charge in [0.25, 0.3) is 0 Å². The number of carbonyl (C=O) groups is 1. The Kier molecular flexibility index (Phi) is 6.06. The fourth-order valence-corrected chi connectivity index (χ4v) is 4.06. The van der Waals surface area contributed by atoms with Crippen LogP contribution in [0, 0.1) is 12.7 Å². The Hall–Kier alpha value is -2.18. The first-order valence-corrected chi connectivity index (χ1v) is 10.1. The minimum atomic E-state index is -0.255. The number of aryl methyl sites for hydroxylation is 1. The van der Waals surface area contributed by atoms with Crippen LogP contribution in [0.25, 0.3) is 10.6 Å². The molecule has 0 bridgehead atoms. The van der Waals surface area contributed by atoms with Crippen LogP contribution in [0.3, 0.4) is 0 Å². The van der Waals surface area contributed by atoms with Gasteiger partial charge in [0, 0.05) is 22.4 Å². The summed E-state index contributed by atoms with van der Waals surface area (Å²) in [6.45, 7) is 3.89. The number of thioether (sulfide) groups is 1. The molecule has 1 aromatic heterocycles. The fourth-order valence-electron chi connectivity index (χ4n) is 2.35. The highest BCUT2D eigenvalue weighted by Gasteiger charge is 2.15. The lowest BCUT2D eigenvalue weighted by Crippen LogP contribution is -2.22. The minimum Gasteiger partial charge on any atom is -0.325 e. The largest absolute Gasteiger partial charge is 0.325 e. The van der Waals surface area contributed by atoms with Crippen molar-refractivity contribution in [2.45, 2.75) is 24.9 Å². The number of rotatable bonds is 6. The number of amides is 1. The van der Waals surface area contributed by atoms with Crippen molar-refractivity contribution in [2.24, 2.45) is 0 Å². The fraction of sp³-hybridized carbons (Fsp3) is 0.200. The number of anilines is 1. The van der Waals surface area contributed by atoms with Crippen LogP contribution in [-0.4, -0.2) is 16.1 Å². The van der Waals surface area contributed by atoms with Crippen molar-refractivity contribution in [3.8, 4) is 10.6 Å². The molecule has 0 radical (unpaired) electrons. The van der Waals surface area contributed by atoms with Crippen LogP contribution in [0.5, 0.6) is 0 Å². The van der Waals surface area contributed by atoms with Crippen LogP contribution in [0.1, 0.15) is 18.2 Å². The normalized spacial score (nSPS) is 12.0. The molecule has 0 spiro atoms. The maximum atomic E-state index is 13.0. The summed E-state index contributed by atoms with van der Waals surface area (Å²) in [5.74, 6) is 0.379. The van der Waals surface area contributed by atoms with Gasteiger partial charge >= 0.3 is 0 Å². The maximum absolute atomic E-state index is 13.0. The number of hydrogen-bond acceptors (Lipinski definition) is 4. The second-order valence-electron chi connectivity index (χ2n) is 5.96. The SMILES string of the molecule is Cc1cccc(NC(=O)C(C)SCc2csc(-c3ccc(F)cc3)n2)c1. The monoisotopic (exact) mass is 386 g/mol. The molecule has 0 aliphatic carbocycles. The summed E-state index contributed by atoms with van der Waals surface area (Å²) in [5, 5.41) is 5.60. The van der Waals surface area contributed by atoms with E-state index in [1.165, 1.54) is 23.5 Å². The van der Waals surface area contributed by atoms with Crippen molar-refractivity contribution in [3.05, 3.63) is 71.0 Å². The highest BCUT2D eigenvalue weighted by Crippen LogP contribution is 2.27. The molecule has 0 saturated carbocycles. The molecule has 6 heteroatoms. The summed E-state index contributed by atoms with van der Waals surface area (Å²) in [4.78, 5) is 16.9. The van der Waals surface area contributed by atoms with E-state index in [0.29, 0.717) is 5.75 Å². The molecule has 1 atom stereocenters. The van der Waals surface area contributed by atoms with E-state index in [1.54, 1.807) is 23.9 Å². The van der Waals surface area contributed by atoms with Gasteiger partial charge in [0.1, 0.15) is 10.8 Å². The number of benzene rings is 2. The second-order valence-corrected chi connectivity index (χ2v) is 8.15. The van der Waals surface area contributed by atoms with Gasteiger partial charge in [-0.3, -0.25) is 4.79 Å². The lowest BCUT2D eigenvalue weighted by Gasteiger charge is -2.11. The molecule has 3 aromatic rings. The van der Waals surface area contributed by atoms with E-state index in [0.717, 1.165) is 27.5 Å². The van der Waals surface area contributed by atoms with Gasteiger partial charge in [-0.05, 0) is 55.8 Å². The van der Waals surface area contributed by atoms with Crippen molar-refractivity contribution in [3.63, 3.8) is 0 Å². The van der Waals surface area contributed by atoms with E-state index in [2.05, 4.69) is 10.3 Å². The zero-order chi connectivity index (χ0) is 18.5. The average Bonchev–Trinajstić information content (AvgIpc) is 3.09. The summed E-state index contributed by atoms with van der Waals surface area (Å²) in [6.07, 6.45) is 0. The Bertz CT molecular complexity index is 893. The molecule has 1 N–H and O–H groups in total. The molecule has 0 aliphatic heterocycles. The number of nitrogens with one attached hydrogen (secondary N) is 1. The van der Waals surface area contributed by atoms with Gasteiger partial charge < -0.3 is 5.32 Å². The van der Waals surface area contributed by atoms with Gasteiger partial charge in [0.2, 0.25) is 5.91 Å². The van der Waals surface area contributed by atoms with Gasteiger partial charge in [0.15, 0.2) is 0 Å². The Labute approximate surface area is 160 Å². The first-order valence-electron chi connectivity index (χ1n) is 8.21. The smallest absolute Gasteiger partial charge is 0.237 e. The van der Waals surface area contributed by atoms with Gasteiger partial charge in [-0.15, -0.1) is 23.1 Å². The standard InChI is InChI=1S/C20H19FN2OS2/c1-13-4-3-5-17(10-13)22-19(24)14(2)25-11-18-12-26-20(23-18)15-6-8-16(21)9-7-15/h3-10,12,14H,11H2,1-2H3,(H,22,24). The van der Waals surface area contributed by atoms with Crippen molar-refractivity contribution >= 4 is 34.7 Å². The van der Waals surface area contributed by atoms with Crippen LogP contribution in [0.2, 0.25) is 0 Å². The number of carbonyl (C=O) groups excluding carboxylic acids is 1. The van der Waals surface area contributed by atoms with E-state index in [4.69, 9.17) is 0 Å².